The van der Waals surface area contributed by atoms with E-state index in [1.54, 1.807) is 0 Å². The number of aromatic amines is 1. The van der Waals surface area contributed by atoms with Gasteiger partial charge in [-0.25, -0.2) is 8.78 Å². The zero-order chi connectivity index (χ0) is 13.2. The molecule has 0 aliphatic heterocycles. The summed E-state index contributed by atoms with van der Waals surface area (Å²) >= 11 is 0. The molecule has 0 amide bonds. The van der Waals surface area contributed by atoms with Crippen molar-refractivity contribution < 1.29 is 8.78 Å². The zero-order valence-electron chi connectivity index (χ0n) is 10.6. The Balaban J connectivity index is 2.01. The highest BCUT2D eigenvalue weighted by atomic mass is 19.3. The maximum Gasteiger partial charge on any atom is 0.257 e. The van der Waals surface area contributed by atoms with Crippen molar-refractivity contribution in [2.45, 2.75) is 32.2 Å². The lowest BCUT2D eigenvalue weighted by Gasteiger charge is -2.17. The molecule has 0 aliphatic carbocycles. The van der Waals surface area contributed by atoms with E-state index in [2.05, 4.69) is 10.3 Å². The van der Waals surface area contributed by atoms with Gasteiger partial charge in [0.15, 0.2) is 0 Å². The fourth-order valence-electron chi connectivity index (χ4n) is 2.06. The van der Waals surface area contributed by atoms with Crippen LogP contribution in [-0.2, 0) is 6.42 Å². The van der Waals surface area contributed by atoms with Crippen molar-refractivity contribution in [1.82, 2.24) is 10.3 Å². The normalized spacial score (nSPS) is 14.0. The minimum absolute atomic E-state index is 0.0232. The number of rotatable bonds is 5. The van der Waals surface area contributed by atoms with Crippen LogP contribution in [0.1, 0.15) is 19.4 Å². The average molecular weight is 252 g/mol. The van der Waals surface area contributed by atoms with Gasteiger partial charge in [0, 0.05) is 30.1 Å². The average Bonchev–Trinajstić information content (AvgIpc) is 2.70. The van der Waals surface area contributed by atoms with E-state index in [9.17, 15) is 8.78 Å². The number of para-hydroxylation sites is 1. The topological polar surface area (TPSA) is 27.8 Å². The van der Waals surface area contributed by atoms with Crippen LogP contribution in [-0.4, -0.2) is 23.5 Å². The zero-order valence-corrected chi connectivity index (χ0v) is 10.6. The molecule has 2 aromatic rings. The highest BCUT2D eigenvalue weighted by Gasteiger charge is 2.21. The fraction of sp³-hybridized carbons (Fsp3) is 0.429. The molecule has 0 radical (unpaired) electrons. The molecule has 1 atom stereocenters. The van der Waals surface area contributed by atoms with Crippen LogP contribution in [0, 0.1) is 0 Å². The molecule has 4 heteroatoms. The van der Waals surface area contributed by atoms with Gasteiger partial charge < -0.3 is 10.3 Å². The maximum atomic E-state index is 12.7. The van der Waals surface area contributed by atoms with Gasteiger partial charge in [-0.15, -0.1) is 0 Å². The Kier molecular flexibility index (Phi) is 3.66. The lowest BCUT2D eigenvalue weighted by molar-refractivity contribution is 0.0204. The second-order valence-corrected chi connectivity index (χ2v) is 4.92. The van der Waals surface area contributed by atoms with Gasteiger partial charge in [0.25, 0.3) is 5.92 Å². The third-order valence-corrected chi connectivity index (χ3v) is 2.96. The monoisotopic (exact) mass is 252 g/mol. The van der Waals surface area contributed by atoms with E-state index in [0.29, 0.717) is 0 Å². The number of hydrogen-bond donors (Lipinski definition) is 2. The van der Waals surface area contributed by atoms with Crippen LogP contribution in [0.4, 0.5) is 8.78 Å². The number of halogens is 2. The summed E-state index contributed by atoms with van der Waals surface area (Å²) in [5.74, 6) is -2.66. The molecular weight excluding hydrogens is 234 g/mol. The first-order chi connectivity index (χ1) is 8.46. The summed E-state index contributed by atoms with van der Waals surface area (Å²) in [6.07, 6.45) is 2.69. The molecule has 2 nitrogen and oxygen atoms in total. The van der Waals surface area contributed by atoms with Gasteiger partial charge in [-0.1, -0.05) is 18.2 Å². The van der Waals surface area contributed by atoms with Crippen molar-refractivity contribution in [2.75, 3.05) is 6.54 Å². The minimum atomic E-state index is -2.66. The summed E-state index contributed by atoms with van der Waals surface area (Å²) in [5.41, 5.74) is 2.24. The number of fused-ring (bicyclic) bond motifs is 1. The summed E-state index contributed by atoms with van der Waals surface area (Å²) < 4.78 is 25.5. The molecule has 0 saturated heterocycles. The van der Waals surface area contributed by atoms with Gasteiger partial charge >= 0.3 is 0 Å². The second kappa shape index (κ2) is 5.06. The number of H-pyrrole nitrogens is 1. The number of benzene rings is 1. The Hall–Kier alpha value is -1.42. The van der Waals surface area contributed by atoms with Gasteiger partial charge in [-0.05, 0) is 25.0 Å². The molecule has 0 aliphatic rings. The van der Waals surface area contributed by atoms with Gasteiger partial charge in [-0.3, -0.25) is 0 Å². The van der Waals surface area contributed by atoms with Gasteiger partial charge in [-0.2, -0.15) is 0 Å². The highest BCUT2D eigenvalue weighted by molar-refractivity contribution is 5.83. The molecular formula is C14H18F2N2. The van der Waals surface area contributed by atoms with E-state index in [0.717, 1.165) is 29.8 Å². The first-order valence-electron chi connectivity index (χ1n) is 6.12. The summed E-state index contributed by atoms with van der Waals surface area (Å²) in [7, 11) is 0. The molecule has 1 aromatic heterocycles. The van der Waals surface area contributed by atoms with Crippen molar-refractivity contribution in [2.24, 2.45) is 0 Å². The van der Waals surface area contributed by atoms with Gasteiger partial charge in [0.2, 0.25) is 0 Å². The number of hydrogen-bond acceptors (Lipinski definition) is 1. The summed E-state index contributed by atoms with van der Waals surface area (Å²) in [5, 5.41) is 4.02. The summed E-state index contributed by atoms with van der Waals surface area (Å²) in [6, 6.07) is 8.04. The van der Waals surface area contributed by atoms with E-state index in [1.165, 1.54) is 0 Å². The van der Waals surface area contributed by atoms with Crippen LogP contribution in [0.15, 0.2) is 30.5 Å². The molecule has 2 N–H and O–H groups in total. The van der Waals surface area contributed by atoms with Crippen molar-refractivity contribution >= 4 is 10.9 Å². The van der Waals surface area contributed by atoms with Gasteiger partial charge in [0.1, 0.15) is 0 Å². The van der Waals surface area contributed by atoms with E-state index >= 15 is 0 Å². The Morgan fingerprint density at radius 3 is 2.78 bits per heavy atom. The van der Waals surface area contributed by atoms with E-state index in [4.69, 9.17) is 0 Å². The second-order valence-electron chi connectivity index (χ2n) is 4.92. The lowest BCUT2D eigenvalue weighted by atomic mass is 10.1. The Bertz CT molecular complexity index is 514. The molecule has 2 rings (SSSR count). The maximum absolute atomic E-state index is 12.7. The third kappa shape index (κ3) is 3.29. The molecule has 0 fully saturated rings. The molecule has 0 saturated carbocycles. The molecule has 0 bridgehead atoms. The first kappa shape index (κ1) is 13.0. The molecule has 98 valence electrons. The summed E-state index contributed by atoms with van der Waals surface area (Å²) in [4.78, 5) is 3.19. The SMILES string of the molecule is CC(Cc1c[nH]c2ccccc12)NCC(C)(F)F. The number of aromatic nitrogens is 1. The third-order valence-electron chi connectivity index (χ3n) is 2.96. The number of nitrogens with one attached hydrogen (secondary N) is 2. The Labute approximate surface area is 105 Å². The van der Waals surface area contributed by atoms with Crippen LogP contribution >= 0.6 is 0 Å². The smallest absolute Gasteiger partial charge is 0.257 e. The van der Waals surface area contributed by atoms with Crippen LogP contribution in [0.3, 0.4) is 0 Å². The molecule has 1 unspecified atom stereocenters. The van der Waals surface area contributed by atoms with Crippen molar-refractivity contribution in [1.29, 1.82) is 0 Å². The van der Waals surface area contributed by atoms with E-state index in [-0.39, 0.29) is 12.6 Å². The summed E-state index contributed by atoms with van der Waals surface area (Å²) in [6.45, 7) is 2.57. The van der Waals surface area contributed by atoms with Crippen molar-refractivity contribution in [3.8, 4) is 0 Å². The van der Waals surface area contributed by atoms with E-state index in [1.807, 2.05) is 37.4 Å². The fourth-order valence-corrected chi connectivity index (χ4v) is 2.06. The van der Waals surface area contributed by atoms with Crippen LogP contribution < -0.4 is 5.32 Å². The largest absolute Gasteiger partial charge is 0.361 e. The Morgan fingerprint density at radius 2 is 2.06 bits per heavy atom. The van der Waals surface area contributed by atoms with Gasteiger partial charge in [0.05, 0.1) is 6.54 Å². The lowest BCUT2D eigenvalue weighted by Crippen LogP contribution is -2.37. The Morgan fingerprint density at radius 1 is 1.33 bits per heavy atom. The predicted octanol–water partition coefficient (Wildman–Crippen LogP) is 3.34. The van der Waals surface area contributed by atoms with Crippen molar-refractivity contribution in [3.63, 3.8) is 0 Å². The minimum Gasteiger partial charge on any atom is -0.361 e. The van der Waals surface area contributed by atoms with Crippen LogP contribution in [0.2, 0.25) is 0 Å². The molecule has 1 heterocycles. The first-order valence-corrected chi connectivity index (χ1v) is 6.12. The molecule has 1 aromatic carbocycles. The van der Waals surface area contributed by atoms with Crippen LogP contribution in [0.25, 0.3) is 10.9 Å². The molecule has 0 spiro atoms. The molecule has 18 heavy (non-hydrogen) atoms. The quantitative estimate of drug-likeness (QED) is 0.839. The van der Waals surface area contributed by atoms with Crippen molar-refractivity contribution in [3.05, 3.63) is 36.0 Å². The predicted molar refractivity (Wildman–Crippen MR) is 70.1 cm³/mol. The van der Waals surface area contributed by atoms with Crippen LogP contribution in [0.5, 0.6) is 0 Å². The van der Waals surface area contributed by atoms with E-state index < -0.39 is 5.92 Å². The number of alkyl halides is 2. The standard InChI is InChI=1S/C14H18F2N2/c1-10(18-9-14(2,15)16)7-11-8-17-13-6-4-3-5-12(11)13/h3-6,8,10,17-18H,7,9H2,1-2H3. The highest BCUT2D eigenvalue weighted by Crippen LogP contribution is 2.19.